The van der Waals surface area contributed by atoms with Crippen molar-refractivity contribution in [3.8, 4) is 0 Å². The fourth-order valence-corrected chi connectivity index (χ4v) is 3.73. The van der Waals surface area contributed by atoms with Gasteiger partial charge in [-0.25, -0.2) is 4.98 Å². The van der Waals surface area contributed by atoms with E-state index in [1.54, 1.807) is 18.7 Å². The van der Waals surface area contributed by atoms with Crippen LogP contribution in [0.2, 0.25) is 0 Å². The molecule has 2 amide bonds. The lowest BCUT2D eigenvalue weighted by molar-refractivity contribution is -0.121. The van der Waals surface area contributed by atoms with Gasteiger partial charge in [0, 0.05) is 43.0 Å². The largest absolute Gasteiger partial charge is 0.351 e. The number of nitrogens with zero attached hydrogens (tertiary/aromatic N) is 4. The van der Waals surface area contributed by atoms with Gasteiger partial charge in [-0.05, 0) is 25.5 Å². The SMILES string of the molecule is CC1CC(NC(=O)Cc2cncn2C)CN1C(=O)c1cccc2[nH]ncc12. The van der Waals surface area contributed by atoms with Crippen molar-refractivity contribution in [3.63, 3.8) is 0 Å². The van der Waals surface area contributed by atoms with Gasteiger partial charge >= 0.3 is 0 Å². The van der Waals surface area contributed by atoms with Crippen LogP contribution >= 0.6 is 0 Å². The summed E-state index contributed by atoms with van der Waals surface area (Å²) >= 11 is 0. The Labute approximate surface area is 156 Å². The van der Waals surface area contributed by atoms with Crippen molar-refractivity contribution in [1.29, 1.82) is 0 Å². The molecule has 140 valence electrons. The summed E-state index contributed by atoms with van der Waals surface area (Å²) in [6.07, 6.45) is 6.07. The van der Waals surface area contributed by atoms with Crippen molar-refractivity contribution >= 4 is 22.7 Å². The lowest BCUT2D eigenvalue weighted by Gasteiger charge is -2.21. The summed E-state index contributed by atoms with van der Waals surface area (Å²) in [6.45, 7) is 2.52. The number of aromatic amines is 1. The summed E-state index contributed by atoms with van der Waals surface area (Å²) in [5.74, 6) is -0.0834. The van der Waals surface area contributed by atoms with Crippen LogP contribution < -0.4 is 5.32 Å². The molecule has 2 unspecified atom stereocenters. The Balaban J connectivity index is 1.43. The smallest absolute Gasteiger partial charge is 0.254 e. The molecule has 1 aliphatic heterocycles. The molecule has 4 rings (SSSR count). The molecule has 0 spiro atoms. The number of amides is 2. The summed E-state index contributed by atoms with van der Waals surface area (Å²) < 4.78 is 1.83. The third-order valence-electron chi connectivity index (χ3n) is 5.17. The van der Waals surface area contributed by atoms with E-state index in [0.29, 0.717) is 12.1 Å². The lowest BCUT2D eigenvalue weighted by Crippen LogP contribution is -2.39. The maximum absolute atomic E-state index is 13.1. The molecule has 1 saturated heterocycles. The Morgan fingerprint density at radius 2 is 2.19 bits per heavy atom. The maximum atomic E-state index is 13.1. The summed E-state index contributed by atoms with van der Waals surface area (Å²) in [7, 11) is 1.87. The molecule has 8 heteroatoms. The highest BCUT2D eigenvalue weighted by atomic mass is 16.2. The van der Waals surface area contributed by atoms with Gasteiger partial charge in [-0.1, -0.05) is 6.07 Å². The van der Waals surface area contributed by atoms with Crippen LogP contribution in [-0.4, -0.2) is 55.1 Å². The molecule has 2 atom stereocenters. The summed E-state index contributed by atoms with van der Waals surface area (Å²) in [5, 5.41) is 10.8. The van der Waals surface area contributed by atoms with Crippen molar-refractivity contribution in [2.45, 2.75) is 31.8 Å². The molecule has 1 aromatic carbocycles. The van der Waals surface area contributed by atoms with E-state index in [2.05, 4.69) is 20.5 Å². The molecule has 0 saturated carbocycles. The molecular formula is C19H22N6O2. The van der Waals surface area contributed by atoms with E-state index in [0.717, 1.165) is 23.0 Å². The number of benzene rings is 1. The minimum absolute atomic E-state index is 0.0297. The van der Waals surface area contributed by atoms with Crippen LogP contribution in [0.15, 0.2) is 36.9 Å². The molecule has 2 aromatic heterocycles. The number of nitrogens with one attached hydrogen (secondary N) is 2. The van der Waals surface area contributed by atoms with E-state index < -0.39 is 0 Å². The normalized spacial score (nSPS) is 19.6. The Kier molecular flexibility index (Phi) is 4.39. The summed E-state index contributed by atoms with van der Waals surface area (Å²) in [6, 6.07) is 5.58. The van der Waals surface area contributed by atoms with Gasteiger partial charge in [0.15, 0.2) is 0 Å². The molecule has 2 N–H and O–H groups in total. The highest BCUT2D eigenvalue weighted by Crippen LogP contribution is 2.24. The van der Waals surface area contributed by atoms with Crippen LogP contribution in [0.25, 0.3) is 10.9 Å². The monoisotopic (exact) mass is 366 g/mol. The van der Waals surface area contributed by atoms with Crippen molar-refractivity contribution in [3.05, 3.63) is 48.2 Å². The molecule has 1 aliphatic rings. The number of H-pyrrole nitrogens is 1. The second-order valence-corrected chi connectivity index (χ2v) is 7.12. The quantitative estimate of drug-likeness (QED) is 0.727. The van der Waals surface area contributed by atoms with Gasteiger partial charge in [0.05, 0.1) is 30.0 Å². The Hall–Kier alpha value is -3.16. The van der Waals surface area contributed by atoms with Crippen molar-refractivity contribution < 1.29 is 9.59 Å². The number of imidazole rings is 1. The van der Waals surface area contributed by atoms with Gasteiger partial charge in [0.25, 0.3) is 5.91 Å². The minimum atomic E-state index is -0.0537. The average Bonchev–Trinajstić information content (AvgIpc) is 3.35. The third kappa shape index (κ3) is 3.30. The highest BCUT2D eigenvalue weighted by molar-refractivity contribution is 6.06. The van der Waals surface area contributed by atoms with Crippen molar-refractivity contribution in [1.82, 2.24) is 30.0 Å². The Morgan fingerprint density at radius 3 is 2.96 bits per heavy atom. The number of likely N-dealkylation sites (tertiary alicyclic amines) is 1. The first-order chi connectivity index (χ1) is 13.0. The molecule has 1 fully saturated rings. The van der Waals surface area contributed by atoms with Crippen LogP contribution in [0.5, 0.6) is 0 Å². The third-order valence-corrected chi connectivity index (χ3v) is 5.17. The van der Waals surface area contributed by atoms with E-state index in [-0.39, 0.29) is 30.3 Å². The Bertz CT molecular complexity index is 991. The second-order valence-electron chi connectivity index (χ2n) is 7.12. The highest BCUT2D eigenvalue weighted by Gasteiger charge is 2.34. The topological polar surface area (TPSA) is 95.9 Å². The summed E-state index contributed by atoms with van der Waals surface area (Å²) in [5.41, 5.74) is 2.34. The zero-order valence-corrected chi connectivity index (χ0v) is 15.3. The molecule has 8 nitrogen and oxygen atoms in total. The predicted octanol–water partition coefficient (Wildman–Crippen LogP) is 1.26. The molecular weight excluding hydrogens is 344 g/mol. The fourth-order valence-electron chi connectivity index (χ4n) is 3.73. The minimum Gasteiger partial charge on any atom is -0.351 e. The van der Waals surface area contributed by atoms with E-state index in [1.165, 1.54) is 0 Å². The molecule has 3 aromatic rings. The first-order valence-electron chi connectivity index (χ1n) is 9.00. The number of fused-ring (bicyclic) bond motifs is 1. The van der Waals surface area contributed by atoms with Gasteiger partial charge in [0.1, 0.15) is 0 Å². The number of carbonyl (C=O) groups excluding carboxylic acids is 2. The molecule has 0 aliphatic carbocycles. The number of rotatable bonds is 4. The molecule has 0 radical (unpaired) electrons. The lowest BCUT2D eigenvalue weighted by atomic mass is 10.1. The fraction of sp³-hybridized carbons (Fsp3) is 0.368. The zero-order chi connectivity index (χ0) is 19.0. The van der Waals surface area contributed by atoms with Gasteiger partial charge in [-0.15, -0.1) is 0 Å². The molecule has 3 heterocycles. The van der Waals surface area contributed by atoms with Crippen molar-refractivity contribution in [2.24, 2.45) is 7.05 Å². The van der Waals surface area contributed by atoms with E-state index >= 15 is 0 Å². The van der Waals surface area contributed by atoms with Crippen LogP contribution in [-0.2, 0) is 18.3 Å². The molecule has 0 bridgehead atoms. The average molecular weight is 366 g/mol. The standard InChI is InChI=1S/C19H22N6O2/c1-12-6-13(22-18(26)7-14-8-20-11-24(14)2)10-25(12)19(27)15-4-3-5-17-16(15)9-21-23-17/h3-5,8-9,11-13H,6-7,10H2,1-2H3,(H,21,23)(H,22,26). The van der Waals surface area contributed by atoms with Crippen LogP contribution in [0.4, 0.5) is 0 Å². The van der Waals surface area contributed by atoms with Gasteiger partial charge < -0.3 is 14.8 Å². The number of hydrogen-bond acceptors (Lipinski definition) is 4. The maximum Gasteiger partial charge on any atom is 0.254 e. The first-order valence-corrected chi connectivity index (χ1v) is 9.00. The van der Waals surface area contributed by atoms with Gasteiger partial charge in [-0.3, -0.25) is 14.7 Å². The van der Waals surface area contributed by atoms with E-state index in [1.807, 2.05) is 41.6 Å². The zero-order valence-electron chi connectivity index (χ0n) is 15.3. The predicted molar refractivity (Wildman–Crippen MR) is 100 cm³/mol. The van der Waals surface area contributed by atoms with Gasteiger partial charge in [0.2, 0.25) is 5.91 Å². The number of carbonyl (C=O) groups is 2. The number of hydrogen-bond donors (Lipinski definition) is 2. The number of aromatic nitrogens is 4. The van der Waals surface area contributed by atoms with Crippen LogP contribution in [0.3, 0.4) is 0 Å². The van der Waals surface area contributed by atoms with Crippen molar-refractivity contribution in [2.75, 3.05) is 6.54 Å². The van der Waals surface area contributed by atoms with Gasteiger partial charge in [-0.2, -0.15) is 5.10 Å². The van der Waals surface area contributed by atoms with Crippen LogP contribution in [0, 0.1) is 0 Å². The Morgan fingerprint density at radius 1 is 1.33 bits per heavy atom. The number of aryl methyl sites for hydroxylation is 1. The van der Waals surface area contributed by atoms with Crippen LogP contribution in [0.1, 0.15) is 29.4 Å². The summed E-state index contributed by atoms with van der Waals surface area (Å²) in [4.78, 5) is 31.3. The second kappa shape index (κ2) is 6.86. The molecule has 27 heavy (non-hydrogen) atoms. The van der Waals surface area contributed by atoms with E-state index in [4.69, 9.17) is 0 Å². The van der Waals surface area contributed by atoms with E-state index in [9.17, 15) is 9.59 Å². The first kappa shape index (κ1) is 17.3.